The fourth-order valence-electron chi connectivity index (χ4n) is 1.83. The van der Waals surface area contributed by atoms with Crippen molar-refractivity contribution < 1.29 is 23.1 Å². The number of aromatic carboxylic acids is 1. The number of nitrogens with zero attached hydrogens (tertiary/aromatic N) is 2. The third-order valence-electron chi connectivity index (χ3n) is 2.80. The highest BCUT2D eigenvalue weighted by Crippen LogP contribution is 2.37. The molecule has 1 aromatic heterocycles. The molecule has 1 heterocycles. The Labute approximate surface area is 132 Å². The number of aryl methyl sites for hydroxylation is 1. The Bertz CT molecular complexity index is 716. The van der Waals surface area contributed by atoms with E-state index < -0.39 is 23.4 Å². The molecule has 0 saturated heterocycles. The molecule has 2 aromatic rings. The van der Waals surface area contributed by atoms with E-state index in [-0.39, 0.29) is 10.8 Å². The predicted octanol–water partition coefficient (Wildman–Crippen LogP) is 4.08. The molecule has 0 aliphatic rings. The Kier molecular flexibility index (Phi) is 4.72. The van der Waals surface area contributed by atoms with Crippen molar-refractivity contribution in [2.45, 2.75) is 17.0 Å². The van der Waals surface area contributed by atoms with Crippen LogP contribution in [0.5, 0.6) is 0 Å². The van der Waals surface area contributed by atoms with Gasteiger partial charge in [-0.05, 0) is 11.6 Å². The molecule has 0 saturated carbocycles. The maximum absolute atomic E-state index is 12.9. The van der Waals surface area contributed by atoms with Gasteiger partial charge in [-0.3, -0.25) is 4.68 Å². The van der Waals surface area contributed by atoms with Crippen LogP contribution in [-0.2, 0) is 19.0 Å². The topological polar surface area (TPSA) is 55.1 Å². The van der Waals surface area contributed by atoms with Crippen LogP contribution in [0.4, 0.5) is 13.2 Å². The maximum Gasteiger partial charge on any atom is 0.436 e. The predicted molar refractivity (Wildman–Crippen MR) is 76.2 cm³/mol. The van der Waals surface area contributed by atoms with Crippen molar-refractivity contribution in [3.8, 4) is 0 Å². The molecule has 0 aliphatic carbocycles. The SMILES string of the molecule is Cn1nc(C(F)(F)F)c(C(=O)O)c1SCc1ccccc1Cl. The molecule has 9 heteroatoms. The van der Waals surface area contributed by atoms with E-state index in [2.05, 4.69) is 5.10 Å². The number of halogens is 4. The van der Waals surface area contributed by atoms with Crippen molar-refractivity contribution in [3.05, 3.63) is 46.1 Å². The monoisotopic (exact) mass is 350 g/mol. The highest BCUT2D eigenvalue weighted by molar-refractivity contribution is 7.98. The van der Waals surface area contributed by atoms with Crippen molar-refractivity contribution in [1.82, 2.24) is 9.78 Å². The molecule has 1 aromatic carbocycles. The van der Waals surface area contributed by atoms with Crippen LogP contribution in [0.2, 0.25) is 5.02 Å². The standard InChI is InChI=1S/C13H10ClF3N2O2S/c1-19-11(22-6-7-4-2-3-5-8(7)14)9(12(20)21)10(18-19)13(15,16)17/h2-5H,6H2,1H3,(H,20,21). The van der Waals surface area contributed by atoms with Gasteiger partial charge in [0.25, 0.3) is 0 Å². The molecule has 0 radical (unpaired) electrons. The summed E-state index contributed by atoms with van der Waals surface area (Å²) in [5, 5.41) is 12.8. The van der Waals surface area contributed by atoms with E-state index in [1.165, 1.54) is 7.05 Å². The van der Waals surface area contributed by atoms with E-state index in [9.17, 15) is 18.0 Å². The summed E-state index contributed by atoms with van der Waals surface area (Å²) >= 11 is 6.92. The van der Waals surface area contributed by atoms with E-state index in [4.69, 9.17) is 16.7 Å². The number of rotatable bonds is 4. The number of carbonyl (C=O) groups is 1. The Morgan fingerprint density at radius 3 is 2.59 bits per heavy atom. The molecule has 1 N–H and O–H groups in total. The molecular weight excluding hydrogens is 341 g/mol. The molecule has 118 valence electrons. The second kappa shape index (κ2) is 6.21. The third kappa shape index (κ3) is 3.38. The lowest BCUT2D eigenvalue weighted by atomic mass is 10.2. The zero-order valence-electron chi connectivity index (χ0n) is 11.2. The maximum atomic E-state index is 12.9. The summed E-state index contributed by atoms with van der Waals surface area (Å²) in [4.78, 5) is 11.2. The number of alkyl halides is 3. The summed E-state index contributed by atoms with van der Waals surface area (Å²) in [5.41, 5.74) is -1.54. The van der Waals surface area contributed by atoms with Gasteiger partial charge in [0, 0.05) is 17.8 Å². The Morgan fingerprint density at radius 1 is 1.41 bits per heavy atom. The number of carboxylic acid groups (broad SMARTS) is 1. The quantitative estimate of drug-likeness (QED) is 0.844. The first kappa shape index (κ1) is 16.7. The molecule has 0 fully saturated rings. The molecular formula is C13H10ClF3N2O2S. The van der Waals surface area contributed by atoms with E-state index in [1.807, 2.05) is 0 Å². The van der Waals surface area contributed by atoms with Gasteiger partial charge in [0.2, 0.25) is 0 Å². The van der Waals surface area contributed by atoms with Crippen molar-refractivity contribution in [3.63, 3.8) is 0 Å². The Hall–Kier alpha value is -1.67. The molecule has 0 bridgehead atoms. The zero-order valence-corrected chi connectivity index (χ0v) is 12.8. The van der Waals surface area contributed by atoms with E-state index in [0.717, 1.165) is 16.4 Å². The molecule has 0 aliphatic heterocycles. The molecule has 0 spiro atoms. The van der Waals surface area contributed by atoms with Gasteiger partial charge in [0.1, 0.15) is 10.6 Å². The summed E-state index contributed by atoms with van der Waals surface area (Å²) < 4.78 is 39.5. The van der Waals surface area contributed by atoms with Gasteiger partial charge in [-0.25, -0.2) is 4.79 Å². The minimum Gasteiger partial charge on any atom is -0.478 e. The Morgan fingerprint density at radius 2 is 2.05 bits per heavy atom. The highest BCUT2D eigenvalue weighted by atomic mass is 35.5. The fourth-order valence-corrected chi connectivity index (χ4v) is 3.21. The van der Waals surface area contributed by atoms with Gasteiger partial charge in [0.05, 0.1) is 0 Å². The smallest absolute Gasteiger partial charge is 0.436 e. The average molecular weight is 351 g/mol. The van der Waals surface area contributed by atoms with Crippen LogP contribution in [0.15, 0.2) is 29.3 Å². The zero-order chi connectivity index (χ0) is 16.5. The van der Waals surface area contributed by atoms with Crippen LogP contribution >= 0.6 is 23.4 Å². The minimum absolute atomic E-state index is 0.0697. The number of aromatic nitrogens is 2. The lowest BCUT2D eigenvalue weighted by Gasteiger charge is -2.06. The van der Waals surface area contributed by atoms with Crippen LogP contribution in [0, 0.1) is 0 Å². The first-order valence-electron chi connectivity index (χ1n) is 5.95. The summed E-state index contributed by atoms with van der Waals surface area (Å²) in [7, 11) is 1.27. The largest absolute Gasteiger partial charge is 0.478 e. The lowest BCUT2D eigenvalue weighted by Crippen LogP contribution is -2.12. The average Bonchev–Trinajstić information content (AvgIpc) is 2.75. The first-order valence-corrected chi connectivity index (χ1v) is 7.32. The molecule has 2 rings (SSSR count). The van der Waals surface area contributed by atoms with Gasteiger partial charge < -0.3 is 5.11 Å². The molecule has 0 atom stereocenters. The second-order valence-electron chi connectivity index (χ2n) is 4.34. The molecule has 4 nitrogen and oxygen atoms in total. The van der Waals surface area contributed by atoms with Crippen molar-refractivity contribution in [1.29, 1.82) is 0 Å². The van der Waals surface area contributed by atoms with Gasteiger partial charge in [-0.1, -0.05) is 29.8 Å². The molecule has 0 unspecified atom stereocenters. The summed E-state index contributed by atoms with van der Waals surface area (Å²) in [6, 6.07) is 6.84. The summed E-state index contributed by atoms with van der Waals surface area (Å²) in [6.45, 7) is 0. The van der Waals surface area contributed by atoms with Crippen LogP contribution in [-0.4, -0.2) is 20.9 Å². The Balaban J connectivity index is 2.37. The third-order valence-corrected chi connectivity index (χ3v) is 4.37. The van der Waals surface area contributed by atoms with E-state index in [1.54, 1.807) is 24.3 Å². The molecule has 0 amide bonds. The highest BCUT2D eigenvalue weighted by Gasteiger charge is 2.41. The van der Waals surface area contributed by atoms with Crippen LogP contribution in [0.25, 0.3) is 0 Å². The van der Waals surface area contributed by atoms with Crippen LogP contribution in [0.3, 0.4) is 0 Å². The number of hydrogen-bond donors (Lipinski definition) is 1. The number of carboxylic acids is 1. The fraction of sp³-hybridized carbons (Fsp3) is 0.231. The van der Waals surface area contributed by atoms with Crippen LogP contribution in [0.1, 0.15) is 21.6 Å². The van der Waals surface area contributed by atoms with Gasteiger partial charge in [-0.15, -0.1) is 11.8 Å². The molecule has 22 heavy (non-hydrogen) atoms. The second-order valence-corrected chi connectivity index (χ2v) is 5.71. The van der Waals surface area contributed by atoms with Crippen LogP contribution < -0.4 is 0 Å². The normalized spacial score (nSPS) is 11.7. The minimum atomic E-state index is -4.82. The van der Waals surface area contributed by atoms with E-state index in [0.29, 0.717) is 10.6 Å². The summed E-state index contributed by atoms with van der Waals surface area (Å²) in [5.74, 6) is -1.43. The van der Waals surface area contributed by atoms with Crippen molar-refractivity contribution >= 4 is 29.3 Å². The number of hydrogen-bond acceptors (Lipinski definition) is 3. The van der Waals surface area contributed by atoms with Gasteiger partial charge in [0.15, 0.2) is 5.69 Å². The van der Waals surface area contributed by atoms with Crippen molar-refractivity contribution in [2.24, 2.45) is 7.05 Å². The van der Waals surface area contributed by atoms with E-state index >= 15 is 0 Å². The lowest BCUT2D eigenvalue weighted by molar-refractivity contribution is -0.141. The van der Waals surface area contributed by atoms with Crippen molar-refractivity contribution in [2.75, 3.05) is 0 Å². The summed E-state index contributed by atoms with van der Waals surface area (Å²) in [6.07, 6.45) is -4.82. The number of thioether (sulfide) groups is 1. The first-order chi connectivity index (χ1) is 10.2. The number of benzene rings is 1. The van der Waals surface area contributed by atoms with Gasteiger partial charge >= 0.3 is 12.1 Å². The van der Waals surface area contributed by atoms with Gasteiger partial charge in [-0.2, -0.15) is 18.3 Å².